The zero-order valence-electron chi connectivity index (χ0n) is 14.6. The summed E-state index contributed by atoms with van der Waals surface area (Å²) in [5.74, 6) is 2.30. The van der Waals surface area contributed by atoms with Crippen LogP contribution in [-0.4, -0.2) is 24.4 Å². The Morgan fingerprint density at radius 2 is 1.81 bits per heavy atom. The average molecular weight is 349 g/mol. The second-order valence-corrected chi connectivity index (χ2v) is 6.72. The van der Waals surface area contributed by atoms with Gasteiger partial charge in [0.2, 0.25) is 0 Å². The number of fused-ring (bicyclic) bond motifs is 1. The molecule has 1 unspecified atom stereocenters. The molecular weight excluding hydrogens is 326 g/mol. The molecule has 0 radical (unpaired) electrons. The molecule has 4 rings (SSSR count). The van der Waals surface area contributed by atoms with Crippen molar-refractivity contribution in [2.24, 2.45) is 5.92 Å². The molecule has 26 heavy (non-hydrogen) atoms. The Hall–Kier alpha value is -2.72. The fraction of sp³-hybridized carbons (Fsp3) is 0.273. The number of benzene rings is 2. The summed E-state index contributed by atoms with van der Waals surface area (Å²) in [7, 11) is 0. The minimum Gasteiger partial charge on any atom is -0.508 e. The minimum atomic E-state index is 0.0592. The van der Waals surface area contributed by atoms with Crippen LogP contribution >= 0.6 is 0 Å². The molecule has 0 aromatic heterocycles. The maximum absolute atomic E-state index is 9.31. The molecule has 2 aliphatic rings. The lowest BCUT2D eigenvalue weighted by Gasteiger charge is -2.31. The highest BCUT2D eigenvalue weighted by Crippen LogP contribution is 2.34. The third kappa shape index (κ3) is 3.92. The topological polar surface area (TPSA) is 50.7 Å². The first-order valence-electron chi connectivity index (χ1n) is 9.02. The lowest BCUT2D eigenvalue weighted by atomic mass is 9.91. The van der Waals surface area contributed by atoms with Crippen LogP contribution in [0.2, 0.25) is 0 Å². The number of hydrogen-bond donors (Lipinski definition) is 2. The molecule has 0 spiro atoms. The molecule has 134 valence electrons. The molecule has 0 bridgehead atoms. The fourth-order valence-electron chi connectivity index (χ4n) is 3.30. The van der Waals surface area contributed by atoms with Crippen molar-refractivity contribution in [2.75, 3.05) is 13.2 Å². The van der Waals surface area contributed by atoms with Crippen LogP contribution in [0.4, 0.5) is 0 Å². The van der Waals surface area contributed by atoms with E-state index in [1.807, 2.05) is 36.4 Å². The van der Waals surface area contributed by atoms with E-state index >= 15 is 0 Å². The summed E-state index contributed by atoms with van der Waals surface area (Å²) in [5, 5.41) is 12.8. The quantitative estimate of drug-likeness (QED) is 0.861. The van der Waals surface area contributed by atoms with Crippen LogP contribution in [0.15, 0.2) is 72.3 Å². The van der Waals surface area contributed by atoms with Gasteiger partial charge in [0.1, 0.15) is 18.5 Å². The molecular formula is C22H23NO3. The van der Waals surface area contributed by atoms with E-state index in [9.17, 15) is 5.11 Å². The third-order valence-corrected chi connectivity index (χ3v) is 4.81. The molecule has 0 saturated heterocycles. The number of aromatic hydroxyl groups is 1. The van der Waals surface area contributed by atoms with Crippen molar-refractivity contribution in [3.8, 4) is 17.2 Å². The zero-order valence-corrected chi connectivity index (χ0v) is 14.6. The highest BCUT2D eigenvalue weighted by molar-refractivity contribution is 5.41. The maximum atomic E-state index is 9.31. The molecule has 4 nitrogen and oxygen atoms in total. The second kappa shape index (κ2) is 7.67. The van der Waals surface area contributed by atoms with Crippen LogP contribution in [0.1, 0.15) is 12.0 Å². The van der Waals surface area contributed by atoms with Gasteiger partial charge in [-0.05, 0) is 41.8 Å². The molecule has 1 aliphatic carbocycles. The monoisotopic (exact) mass is 349 g/mol. The molecule has 4 heteroatoms. The van der Waals surface area contributed by atoms with Gasteiger partial charge < -0.3 is 19.9 Å². The van der Waals surface area contributed by atoms with E-state index in [0.29, 0.717) is 18.3 Å². The highest BCUT2D eigenvalue weighted by Gasteiger charge is 2.27. The van der Waals surface area contributed by atoms with E-state index in [2.05, 4.69) is 23.5 Å². The molecule has 2 aromatic carbocycles. The summed E-state index contributed by atoms with van der Waals surface area (Å²) in [6.45, 7) is 2.20. The van der Waals surface area contributed by atoms with Crippen LogP contribution in [0, 0.1) is 5.92 Å². The number of ether oxygens (including phenoxy) is 2. The van der Waals surface area contributed by atoms with Crippen molar-refractivity contribution in [3.63, 3.8) is 0 Å². The number of allylic oxidation sites excluding steroid dienone is 1. The number of rotatable bonds is 5. The summed E-state index contributed by atoms with van der Waals surface area (Å²) in [4.78, 5) is 0. The van der Waals surface area contributed by atoms with E-state index < -0.39 is 0 Å². The summed E-state index contributed by atoms with van der Waals surface area (Å²) >= 11 is 0. The minimum absolute atomic E-state index is 0.0592. The molecule has 0 fully saturated rings. The Morgan fingerprint density at radius 1 is 1.00 bits per heavy atom. The summed E-state index contributed by atoms with van der Waals surface area (Å²) in [6.07, 6.45) is 7.71. The first kappa shape index (κ1) is 16.7. The lowest BCUT2D eigenvalue weighted by Crippen LogP contribution is -2.35. The number of hydrogen-bond acceptors (Lipinski definition) is 4. The zero-order chi connectivity index (χ0) is 17.8. The fourth-order valence-corrected chi connectivity index (χ4v) is 3.30. The van der Waals surface area contributed by atoms with Gasteiger partial charge in [-0.1, -0.05) is 42.5 Å². The van der Waals surface area contributed by atoms with Crippen molar-refractivity contribution in [1.29, 1.82) is 0 Å². The van der Waals surface area contributed by atoms with Gasteiger partial charge in [-0.25, -0.2) is 0 Å². The van der Waals surface area contributed by atoms with Gasteiger partial charge in [-0.2, -0.15) is 0 Å². The predicted octanol–water partition coefficient (Wildman–Crippen LogP) is 3.82. The number of nitrogens with one attached hydrogen (secondary N) is 1. The largest absolute Gasteiger partial charge is 0.508 e. The second-order valence-electron chi connectivity index (χ2n) is 6.72. The van der Waals surface area contributed by atoms with Gasteiger partial charge in [-0.15, -0.1) is 0 Å². The van der Waals surface area contributed by atoms with E-state index in [1.165, 1.54) is 5.57 Å². The van der Waals surface area contributed by atoms with Crippen molar-refractivity contribution in [3.05, 3.63) is 77.9 Å². The molecule has 0 saturated carbocycles. The summed E-state index contributed by atoms with van der Waals surface area (Å²) in [6, 6.07) is 15.1. The summed E-state index contributed by atoms with van der Waals surface area (Å²) in [5.41, 5.74) is 2.45. The van der Waals surface area contributed by atoms with E-state index in [-0.39, 0.29) is 6.10 Å². The molecule has 2 N–H and O–H groups in total. The molecule has 2 atom stereocenters. The third-order valence-electron chi connectivity index (χ3n) is 4.81. The number of para-hydroxylation sites is 2. The maximum Gasteiger partial charge on any atom is 0.161 e. The summed E-state index contributed by atoms with van der Waals surface area (Å²) < 4.78 is 11.9. The SMILES string of the molecule is Oc1ccc(CNCC2=CCC([C@H]3COc4ccccc4O3)C=C2)cc1. The highest BCUT2D eigenvalue weighted by atomic mass is 16.6. The Morgan fingerprint density at radius 3 is 2.58 bits per heavy atom. The number of phenolic OH excluding ortho intramolecular Hbond substituents is 1. The Kier molecular flexibility index (Phi) is 4.93. The van der Waals surface area contributed by atoms with Crippen LogP contribution in [-0.2, 0) is 6.54 Å². The molecule has 2 aromatic rings. The first-order chi connectivity index (χ1) is 12.8. The van der Waals surface area contributed by atoms with Crippen LogP contribution in [0.25, 0.3) is 0 Å². The van der Waals surface area contributed by atoms with E-state index in [0.717, 1.165) is 36.6 Å². The predicted molar refractivity (Wildman–Crippen MR) is 101 cm³/mol. The van der Waals surface area contributed by atoms with Crippen molar-refractivity contribution in [1.82, 2.24) is 5.32 Å². The van der Waals surface area contributed by atoms with Gasteiger partial charge >= 0.3 is 0 Å². The van der Waals surface area contributed by atoms with Crippen molar-refractivity contribution < 1.29 is 14.6 Å². The van der Waals surface area contributed by atoms with Gasteiger partial charge in [0, 0.05) is 19.0 Å². The van der Waals surface area contributed by atoms with Crippen molar-refractivity contribution >= 4 is 0 Å². The Balaban J connectivity index is 1.26. The smallest absolute Gasteiger partial charge is 0.161 e. The lowest BCUT2D eigenvalue weighted by molar-refractivity contribution is 0.0624. The number of phenols is 1. The average Bonchev–Trinajstić information content (AvgIpc) is 2.70. The van der Waals surface area contributed by atoms with E-state index in [1.54, 1.807) is 12.1 Å². The van der Waals surface area contributed by atoms with Gasteiger partial charge in [0.15, 0.2) is 11.5 Å². The first-order valence-corrected chi connectivity index (χ1v) is 9.02. The standard InChI is InChI=1S/C22H23NO3/c24-19-11-7-17(8-12-19)14-23-13-16-5-9-18(10-6-16)22-15-25-20-3-1-2-4-21(20)26-22/h1-9,11-12,18,22-24H,10,13-15H2/t18?,22-/m1/s1. The molecule has 1 aliphatic heterocycles. The van der Waals surface area contributed by atoms with Crippen molar-refractivity contribution in [2.45, 2.75) is 19.1 Å². The Bertz CT molecular complexity index is 810. The molecule has 1 heterocycles. The van der Waals surface area contributed by atoms with Crippen LogP contribution in [0.3, 0.4) is 0 Å². The van der Waals surface area contributed by atoms with Crippen LogP contribution < -0.4 is 14.8 Å². The van der Waals surface area contributed by atoms with Gasteiger partial charge in [-0.3, -0.25) is 0 Å². The molecule has 0 amide bonds. The van der Waals surface area contributed by atoms with Crippen LogP contribution in [0.5, 0.6) is 17.2 Å². The Labute approximate surface area is 153 Å². The van der Waals surface area contributed by atoms with Gasteiger partial charge in [0.05, 0.1) is 0 Å². The van der Waals surface area contributed by atoms with Gasteiger partial charge in [0.25, 0.3) is 0 Å². The van der Waals surface area contributed by atoms with E-state index in [4.69, 9.17) is 9.47 Å². The normalized spacial score (nSPS) is 21.3.